The topological polar surface area (TPSA) is 65.1 Å². The van der Waals surface area contributed by atoms with Crippen LogP contribution in [0.3, 0.4) is 0 Å². The van der Waals surface area contributed by atoms with Crippen LogP contribution >= 0.6 is 0 Å². The van der Waals surface area contributed by atoms with E-state index in [1.807, 2.05) is 6.92 Å². The minimum absolute atomic E-state index is 0.156. The van der Waals surface area contributed by atoms with E-state index in [4.69, 9.17) is 14.2 Å². The molecule has 0 bridgehead atoms. The fourth-order valence-corrected chi connectivity index (χ4v) is 3.61. The molecule has 0 aliphatic carbocycles. The Morgan fingerprint density at radius 1 is 1.04 bits per heavy atom. The maximum absolute atomic E-state index is 12.8. The molecule has 7 heteroatoms. The summed E-state index contributed by atoms with van der Waals surface area (Å²) in [6.45, 7) is 3.33. The maximum atomic E-state index is 12.8. The lowest BCUT2D eigenvalue weighted by atomic mass is 10.3. The smallest absolute Gasteiger partial charge is 0.264 e. The van der Waals surface area contributed by atoms with Crippen molar-refractivity contribution in [3.05, 3.63) is 42.5 Å². The van der Waals surface area contributed by atoms with Crippen LogP contribution in [0.2, 0.25) is 0 Å². The standard InChI is InChI=1S/C17H19NO5S/c1-3-21-14-6-4-13(5-7-14)18(2)24(19,20)15-8-9-16-17(12-15)23-11-10-22-16/h4-9,12H,3,10-11H2,1-2H3. The van der Waals surface area contributed by atoms with Gasteiger partial charge in [-0.05, 0) is 43.3 Å². The molecule has 0 radical (unpaired) electrons. The Morgan fingerprint density at radius 3 is 2.38 bits per heavy atom. The first kappa shape index (κ1) is 16.4. The van der Waals surface area contributed by atoms with Crippen LogP contribution in [0.5, 0.6) is 17.2 Å². The van der Waals surface area contributed by atoms with E-state index in [1.165, 1.54) is 23.5 Å². The van der Waals surface area contributed by atoms with Gasteiger partial charge in [-0.2, -0.15) is 0 Å². The van der Waals surface area contributed by atoms with Gasteiger partial charge in [-0.3, -0.25) is 4.31 Å². The highest BCUT2D eigenvalue weighted by Crippen LogP contribution is 2.34. The van der Waals surface area contributed by atoms with Crippen molar-refractivity contribution in [1.29, 1.82) is 0 Å². The Labute approximate surface area is 141 Å². The molecule has 24 heavy (non-hydrogen) atoms. The van der Waals surface area contributed by atoms with E-state index >= 15 is 0 Å². The third-order valence-electron chi connectivity index (χ3n) is 3.68. The highest BCUT2D eigenvalue weighted by molar-refractivity contribution is 7.92. The first-order chi connectivity index (χ1) is 11.5. The molecule has 2 aromatic rings. The first-order valence-corrected chi connectivity index (χ1v) is 9.08. The zero-order valence-electron chi connectivity index (χ0n) is 13.6. The number of hydrogen-bond acceptors (Lipinski definition) is 5. The molecular weight excluding hydrogens is 330 g/mol. The van der Waals surface area contributed by atoms with Crippen molar-refractivity contribution >= 4 is 15.7 Å². The average molecular weight is 349 g/mol. The molecule has 6 nitrogen and oxygen atoms in total. The molecule has 0 atom stereocenters. The molecule has 1 heterocycles. The summed E-state index contributed by atoms with van der Waals surface area (Å²) in [6.07, 6.45) is 0. The molecule has 0 amide bonds. The number of sulfonamides is 1. The summed E-state index contributed by atoms with van der Waals surface area (Å²) in [5.74, 6) is 1.71. The quantitative estimate of drug-likeness (QED) is 0.830. The van der Waals surface area contributed by atoms with Crippen LogP contribution in [0.25, 0.3) is 0 Å². The predicted octanol–water partition coefficient (Wildman–Crippen LogP) is 2.68. The van der Waals surface area contributed by atoms with Crippen LogP contribution in [0.15, 0.2) is 47.4 Å². The average Bonchev–Trinajstić information content (AvgIpc) is 2.61. The van der Waals surface area contributed by atoms with E-state index in [1.54, 1.807) is 30.3 Å². The van der Waals surface area contributed by atoms with E-state index in [9.17, 15) is 8.42 Å². The van der Waals surface area contributed by atoms with Gasteiger partial charge in [0.05, 0.1) is 17.2 Å². The largest absolute Gasteiger partial charge is 0.494 e. The summed E-state index contributed by atoms with van der Waals surface area (Å²) in [7, 11) is -2.18. The predicted molar refractivity (Wildman–Crippen MR) is 90.6 cm³/mol. The molecular formula is C17H19NO5S. The second kappa shape index (κ2) is 6.60. The van der Waals surface area contributed by atoms with Crippen LogP contribution in [-0.4, -0.2) is 35.3 Å². The van der Waals surface area contributed by atoms with Gasteiger partial charge in [-0.25, -0.2) is 8.42 Å². The Kier molecular flexibility index (Phi) is 4.53. The van der Waals surface area contributed by atoms with E-state index in [-0.39, 0.29) is 4.90 Å². The molecule has 0 aromatic heterocycles. The van der Waals surface area contributed by atoms with E-state index in [0.29, 0.717) is 42.8 Å². The SMILES string of the molecule is CCOc1ccc(N(C)S(=O)(=O)c2ccc3c(c2)OCCO3)cc1. The summed E-state index contributed by atoms with van der Waals surface area (Å²) in [6, 6.07) is 11.5. The highest BCUT2D eigenvalue weighted by atomic mass is 32.2. The third-order valence-corrected chi connectivity index (χ3v) is 5.46. The highest BCUT2D eigenvalue weighted by Gasteiger charge is 2.24. The lowest BCUT2D eigenvalue weighted by molar-refractivity contribution is 0.171. The molecule has 0 spiro atoms. The van der Waals surface area contributed by atoms with Gasteiger partial charge in [0.1, 0.15) is 19.0 Å². The molecule has 0 N–H and O–H groups in total. The van der Waals surface area contributed by atoms with Crippen molar-refractivity contribution in [3.63, 3.8) is 0 Å². The Morgan fingerprint density at radius 2 is 1.71 bits per heavy atom. The molecule has 0 unspecified atom stereocenters. The lowest BCUT2D eigenvalue weighted by Gasteiger charge is -2.22. The molecule has 128 valence electrons. The summed E-state index contributed by atoms with van der Waals surface area (Å²) < 4.78 is 43.1. The van der Waals surface area contributed by atoms with Crippen molar-refractivity contribution in [2.24, 2.45) is 0 Å². The minimum Gasteiger partial charge on any atom is -0.494 e. The van der Waals surface area contributed by atoms with E-state index < -0.39 is 10.0 Å². The second-order valence-corrected chi connectivity index (χ2v) is 7.17. The Bertz CT molecular complexity index is 817. The zero-order chi connectivity index (χ0) is 17.2. The third kappa shape index (κ3) is 3.12. The maximum Gasteiger partial charge on any atom is 0.264 e. The van der Waals surface area contributed by atoms with Crippen LogP contribution in [0, 0.1) is 0 Å². The molecule has 0 fully saturated rings. The monoisotopic (exact) mass is 349 g/mol. The molecule has 0 saturated carbocycles. The number of nitrogens with zero attached hydrogens (tertiary/aromatic N) is 1. The summed E-state index contributed by atoms with van der Waals surface area (Å²) >= 11 is 0. The number of ether oxygens (including phenoxy) is 3. The van der Waals surface area contributed by atoms with Crippen LogP contribution in [-0.2, 0) is 10.0 Å². The minimum atomic E-state index is -3.69. The fraction of sp³-hybridized carbons (Fsp3) is 0.294. The van der Waals surface area contributed by atoms with Gasteiger partial charge >= 0.3 is 0 Å². The number of fused-ring (bicyclic) bond motifs is 1. The van der Waals surface area contributed by atoms with Crippen molar-refractivity contribution < 1.29 is 22.6 Å². The summed E-state index contributed by atoms with van der Waals surface area (Å²) in [4.78, 5) is 0.156. The Balaban J connectivity index is 1.89. The van der Waals surface area contributed by atoms with E-state index in [0.717, 1.165) is 0 Å². The number of rotatable bonds is 5. The van der Waals surface area contributed by atoms with Gasteiger partial charge in [0.25, 0.3) is 10.0 Å². The second-order valence-electron chi connectivity index (χ2n) is 5.20. The van der Waals surface area contributed by atoms with Gasteiger partial charge in [-0.1, -0.05) is 0 Å². The molecule has 1 aliphatic heterocycles. The van der Waals surface area contributed by atoms with Crippen molar-refractivity contribution in [1.82, 2.24) is 0 Å². The normalized spacial score (nSPS) is 13.4. The summed E-state index contributed by atoms with van der Waals surface area (Å²) in [5.41, 5.74) is 0.549. The number of anilines is 1. The van der Waals surface area contributed by atoms with Gasteiger partial charge in [0.15, 0.2) is 11.5 Å². The van der Waals surface area contributed by atoms with Crippen molar-refractivity contribution in [2.45, 2.75) is 11.8 Å². The van der Waals surface area contributed by atoms with Crippen molar-refractivity contribution in [2.75, 3.05) is 31.2 Å². The van der Waals surface area contributed by atoms with Gasteiger partial charge in [0, 0.05) is 13.1 Å². The number of benzene rings is 2. The Hall–Kier alpha value is -2.41. The van der Waals surface area contributed by atoms with Gasteiger partial charge in [-0.15, -0.1) is 0 Å². The van der Waals surface area contributed by atoms with Crippen molar-refractivity contribution in [3.8, 4) is 17.2 Å². The first-order valence-electron chi connectivity index (χ1n) is 7.64. The molecule has 1 aliphatic rings. The molecule has 0 saturated heterocycles. The fourth-order valence-electron chi connectivity index (χ4n) is 2.40. The lowest BCUT2D eigenvalue weighted by Crippen LogP contribution is -2.26. The molecule has 2 aromatic carbocycles. The van der Waals surface area contributed by atoms with Crippen LogP contribution in [0.4, 0.5) is 5.69 Å². The van der Waals surface area contributed by atoms with Gasteiger partial charge in [0.2, 0.25) is 0 Å². The molecule has 3 rings (SSSR count). The summed E-state index contributed by atoms with van der Waals surface area (Å²) in [5, 5.41) is 0. The van der Waals surface area contributed by atoms with Crippen LogP contribution in [0.1, 0.15) is 6.92 Å². The number of hydrogen-bond donors (Lipinski definition) is 0. The zero-order valence-corrected chi connectivity index (χ0v) is 14.4. The van der Waals surface area contributed by atoms with E-state index in [2.05, 4.69) is 0 Å². The van der Waals surface area contributed by atoms with Crippen LogP contribution < -0.4 is 18.5 Å². The van der Waals surface area contributed by atoms with Gasteiger partial charge < -0.3 is 14.2 Å².